The lowest BCUT2D eigenvalue weighted by Gasteiger charge is -2.13. The van der Waals surface area contributed by atoms with Gasteiger partial charge in [-0.15, -0.1) is 0 Å². The molecule has 4 nitrogen and oxygen atoms in total. The van der Waals surface area contributed by atoms with Crippen molar-refractivity contribution >= 4 is 27.5 Å². The van der Waals surface area contributed by atoms with Crippen LogP contribution >= 0.6 is 15.9 Å². The molecule has 0 aliphatic heterocycles. The maximum Gasteiger partial charge on any atom is 0.255 e. The highest BCUT2D eigenvalue weighted by molar-refractivity contribution is 9.10. The average molecular weight is 350 g/mol. The summed E-state index contributed by atoms with van der Waals surface area (Å²) >= 11 is 3.35. The Balaban J connectivity index is 2.26. The Hall–Kier alpha value is -2.01. The molecule has 110 valence electrons. The highest BCUT2D eigenvalue weighted by Crippen LogP contribution is 2.33. The number of amides is 1. The van der Waals surface area contributed by atoms with Crippen LogP contribution in [-0.4, -0.2) is 20.1 Å². The van der Waals surface area contributed by atoms with Crippen molar-refractivity contribution in [2.75, 3.05) is 19.5 Å². The fourth-order valence-electron chi connectivity index (χ4n) is 1.91. The molecule has 0 unspecified atom stereocenters. The Morgan fingerprint density at radius 1 is 1.05 bits per heavy atom. The Bertz CT molecular complexity index is 653. The molecule has 21 heavy (non-hydrogen) atoms. The second kappa shape index (κ2) is 6.63. The Kier molecular flexibility index (Phi) is 4.85. The molecule has 0 saturated heterocycles. The standard InChI is InChI=1S/C16H16BrNO3/c1-10-8-14(20-2)15(21-3)9-13(10)18-16(19)11-4-6-12(17)7-5-11/h4-9H,1-3H3,(H,18,19). The van der Waals surface area contributed by atoms with E-state index in [1.807, 2.05) is 25.1 Å². The Morgan fingerprint density at radius 3 is 2.19 bits per heavy atom. The highest BCUT2D eigenvalue weighted by atomic mass is 79.9. The third-order valence-electron chi connectivity index (χ3n) is 3.09. The van der Waals surface area contributed by atoms with Crippen molar-refractivity contribution in [1.82, 2.24) is 0 Å². The number of hydrogen-bond acceptors (Lipinski definition) is 3. The van der Waals surface area contributed by atoms with Crippen molar-refractivity contribution in [1.29, 1.82) is 0 Å². The van der Waals surface area contributed by atoms with E-state index in [-0.39, 0.29) is 5.91 Å². The Morgan fingerprint density at radius 2 is 1.62 bits per heavy atom. The molecule has 0 bridgehead atoms. The molecular formula is C16H16BrNO3. The summed E-state index contributed by atoms with van der Waals surface area (Å²) in [4.78, 5) is 12.2. The van der Waals surface area contributed by atoms with Crippen LogP contribution in [0.4, 0.5) is 5.69 Å². The summed E-state index contributed by atoms with van der Waals surface area (Å²) < 4.78 is 11.4. The predicted molar refractivity (Wildman–Crippen MR) is 86.4 cm³/mol. The molecule has 0 heterocycles. The van der Waals surface area contributed by atoms with Gasteiger partial charge in [0.15, 0.2) is 11.5 Å². The van der Waals surface area contributed by atoms with Crippen molar-refractivity contribution in [3.8, 4) is 11.5 Å². The summed E-state index contributed by atoms with van der Waals surface area (Å²) in [7, 11) is 3.14. The number of hydrogen-bond donors (Lipinski definition) is 1. The molecule has 5 heteroatoms. The number of aryl methyl sites for hydroxylation is 1. The van der Waals surface area contributed by atoms with Gasteiger partial charge in [-0.25, -0.2) is 0 Å². The van der Waals surface area contributed by atoms with E-state index in [0.717, 1.165) is 10.0 Å². The van der Waals surface area contributed by atoms with E-state index in [1.165, 1.54) is 0 Å². The van der Waals surface area contributed by atoms with Gasteiger partial charge < -0.3 is 14.8 Å². The summed E-state index contributed by atoms with van der Waals surface area (Å²) in [6, 6.07) is 10.8. The van der Waals surface area contributed by atoms with Gasteiger partial charge >= 0.3 is 0 Å². The molecule has 0 atom stereocenters. The Labute approximate surface area is 132 Å². The summed E-state index contributed by atoms with van der Waals surface area (Å²) in [6.45, 7) is 1.90. The average Bonchev–Trinajstić information content (AvgIpc) is 2.49. The van der Waals surface area contributed by atoms with Gasteiger partial charge in [-0.1, -0.05) is 15.9 Å². The topological polar surface area (TPSA) is 47.6 Å². The molecule has 2 aromatic carbocycles. The van der Waals surface area contributed by atoms with Crippen molar-refractivity contribution in [2.45, 2.75) is 6.92 Å². The minimum Gasteiger partial charge on any atom is -0.493 e. The van der Waals surface area contributed by atoms with Gasteiger partial charge in [0.1, 0.15) is 0 Å². The van der Waals surface area contributed by atoms with Gasteiger partial charge in [0.2, 0.25) is 0 Å². The van der Waals surface area contributed by atoms with Gasteiger partial charge in [-0.3, -0.25) is 4.79 Å². The number of anilines is 1. The smallest absolute Gasteiger partial charge is 0.255 e. The van der Waals surface area contributed by atoms with Gasteiger partial charge in [0, 0.05) is 21.8 Å². The lowest BCUT2D eigenvalue weighted by atomic mass is 10.1. The summed E-state index contributed by atoms with van der Waals surface area (Å²) in [5.41, 5.74) is 2.19. The van der Waals surface area contributed by atoms with E-state index in [9.17, 15) is 4.79 Å². The van der Waals surface area contributed by atoms with E-state index in [0.29, 0.717) is 22.7 Å². The van der Waals surface area contributed by atoms with Crippen LogP contribution in [-0.2, 0) is 0 Å². The first-order chi connectivity index (χ1) is 10.0. The molecular weight excluding hydrogens is 334 g/mol. The van der Waals surface area contributed by atoms with Crippen molar-refractivity contribution in [3.05, 3.63) is 52.0 Å². The van der Waals surface area contributed by atoms with Gasteiger partial charge in [-0.05, 0) is 42.8 Å². The molecule has 1 N–H and O–H groups in total. The number of ether oxygens (including phenoxy) is 2. The van der Waals surface area contributed by atoms with Crippen molar-refractivity contribution < 1.29 is 14.3 Å². The lowest BCUT2D eigenvalue weighted by molar-refractivity contribution is 0.102. The number of rotatable bonds is 4. The van der Waals surface area contributed by atoms with Crippen LogP contribution in [0, 0.1) is 6.92 Å². The number of benzene rings is 2. The number of halogens is 1. The largest absolute Gasteiger partial charge is 0.493 e. The fraction of sp³-hybridized carbons (Fsp3) is 0.188. The quantitative estimate of drug-likeness (QED) is 0.906. The van der Waals surface area contributed by atoms with E-state index in [2.05, 4.69) is 21.2 Å². The highest BCUT2D eigenvalue weighted by Gasteiger charge is 2.12. The molecule has 0 aromatic heterocycles. The van der Waals surface area contributed by atoms with Crippen LogP contribution in [0.2, 0.25) is 0 Å². The molecule has 0 aliphatic carbocycles. The van der Waals surface area contributed by atoms with Crippen LogP contribution in [0.25, 0.3) is 0 Å². The van der Waals surface area contributed by atoms with Gasteiger partial charge in [0.05, 0.1) is 14.2 Å². The molecule has 2 aromatic rings. The van der Waals surface area contributed by atoms with Crippen LogP contribution in [0.15, 0.2) is 40.9 Å². The maximum absolute atomic E-state index is 12.2. The van der Waals surface area contributed by atoms with Gasteiger partial charge in [-0.2, -0.15) is 0 Å². The normalized spacial score (nSPS) is 10.1. The zero-order chi connectivity index (χ0) is 15.4. The maximum atomic E-state index is 12.2. The number of methoxy groups -OCH3 is 2. The first kappa shape index (κ1) is 15.4. The number of nitrogens with one attached hydrogen (secondary N) is 1. The third-order valence-corrected chi connectivity index (χ3v) is 3.61. The molecule has 1 amide bonds. The first-order valence-corrected chi connectivity index (χ1v) is 7.14. The van der Waals surface area contributed by atoms with Crippen molar-refractivity contribution in [2.24, 2.45) is 0 Å². The SMILES string of the molecule is COc1cc(C)c(NC(=O)c2ccc(Br)cc2)cc1OC. The lowest BCUT2D eigenvalue weighted by Crippen LogP contribution is -2.12. The zero-order valence-electron chi connectivity index (χ0n) is 12.1. The van der Waals surface area contributed by atoms with Gasteiger partial charge in [0.25, 0.3) is 5.91 Å². The van der Waals surface area contributed by atoms with Crippen LogP contribution in [0.1, 0.15) is 15.9 Å². The number of carbonyl (C=O) groups is 1. The zero-order valence-corrected chi connectivity index (χ0v) is 13.7. The van der Waals surface area contributed by atoms with Crippen LogP contribution < -0.4 is 14.8 Å². The molecule has 0 aliphatic rings. The minimum absolute atomic E-state index is 0.169. The first-order valence-electron chi connectivity index (χ1n) is 6.34. The van der Waals surface area contributed by atoms with Crippen molar-refractivity contribution in [3.63, 3.8) is 0 Å². The van der Waals surface area contributed by atoms with E-state index >= 15 is 0 Å². The fourth-order valence-corrected chi connectivity index (χ4v) is 2.18. The molecule has 0 radical (unpaired) electrons. The molecule has 0 fully saturated rings. The monoisotopic (exact) mass is 349 g/mol. The van der Waals surface area contributed by atoms with Crippen LogP contribution in [0.3, 0.4) is 0 Å². The summed E-state index contributed by atoms with van der Waals surface area (Å²) in [5.74, 6) is 1.05. The molecule has 2 rings (SSSR count). The van der Waals surface area contributed by atoms with E-state index < -0.39 is 0 Å². The van der Waals surface area contributed by atoms with E-state index in [4.69, 9.17) is 9.47 Å². The summed E-state index contributed by atoms with van der Waals surface area (Å²) in [6.07, 6.45) is 0. The second-order valence-corrected chi connectivity index (χ2v) is 5.40. The predicted octanol–water partition coefficient (Wildman–Crippen LogP) is 4.03. The summed E-state index contributed by atoms with van der Waals surface area (Å²) in [5, 5.41) is 2.88. The third kappa shape index (κ3) is 3.55. The molecule has 0 spiro atoms. The molecule has 0 saturated carbocycles. The number of carbonyl (C=O) groups excluding carboxylic acids is 1. The minimum atomic E-state index is -0.169. The van der Waals surface area contributed by atoms with Crippen LogP contribution in [0.5, 0.6) is 11.5 Å². The second-order valence-electron chi connectivity index (χ2n) is 4.48. The van der Waals surface area contributed by atoms with E-state index in [1.54, 1.807) is 32.4 Å².